The van der Waals surface area contributed by atoms with Gasteiger partial charge in [0.05, 0.1) is 0 Å². The van der Waals surface area contributed by atoms with E-state index in [0.29, 0.717) is 0 Å². The van der Waals surface area contributed by atoms with E-state index in [1.165, 1.54) is 11.1 Å². The molecule has 2 heteroatoms. The molecular weight excluding hydrogens is 235 g/mol. The van der Waals surface area contributed by atoms with Crippen LogP contribution in [0.15, 0.2) is 24.3 Å². The third-order valence-electron chi connectivity index (χ3n) is 1.78. The van der Waals surface area contributed by atoms with Crippen LogP contribution < -0.4 is 0 Å². The fourth-order valence-electron chi connectivity index (χ4n) is 1.07. The highest BCUT2D eigenvalue weighted by molar-refractivity contribution is 9.08. The second-order valence-electron chi connectivity index (χ2n) is 2.74. The Morgan fingerprint density at radius 3 is 2.17 bits per heavy atom. The summed E-state index contributed by atoms with van der Waals surface area (Å²) in [7, 11) is 0. The molecule has 0 saturated heterocycles. The van der Waals surface area contributed by atoms with Crippen molar-refractivity contribution in [3.05, 3.63) is 35.4 Å². The van der Waals surface area contributed by atoms with Crippen LogP contribution in [0.3, 0.4) is 0 Å². The van der Waals surface area contributed by atoms with E-state index in [2.05, 4.69) is 40.2 Å². The summed E-state index contributed by atoms with van der Waals surface area (Å²) in [6, 6.07) is 8.64. The van der Waals surface area contributed by atoms with Gasteiger partial charge in [-0.05, 0) is 24.0 Å². The van der Waals surface area contributed by atoms with Crippen molar-refractivity contribution in [3.63, 3.8) is 0 Å². The van der Waals surface area contributed by atoms with Crippen LogP contribution in [0, 0.1) is 0 Å². The van der Waals surface area contributed by atoms with E-state index in [0.717, 1.165) is 24.1 Å². The zero-order valence-electron chi connectivity index (χ0n) is 6.89. The van der Waals surface area contributed by atoms with Crippen LogP contribution in [0.5, 0.6) is 0 Å². The number of hydrogen-bond acceptors (Lipinski definition) is 0. The third kappa shape index (κ3) is 3.16. The summed E-state index contributed by atoms with van der Waals surface area (Å²) in [6.45, 7) is 0. The van der Waals surface area contributed by atoms with Crippen LogP contribution in [-0.4, -0.2) is 5.88 Å². The summed E-state index contributed by atoms with van der Waals surface area (Å²) in [5.74, 6) is 0.750. The standard InChI is InChI=1S/C10H12BrCl/c11-8-10-5-3-9(4-6-10)2-1-7-12/h3-6H,1-2,7-8H2. The first-order chi connectivity index (χ1) is 5.86. The number of aryl methyl sites for hydroxylation is 1. The summed E-state index contributed by atoms with van der Waals surface area (Å²) < 4.78 is 0. The first kappa shape index (κ1) is 10.1. The van der Waals surface area contributed by atoms with Crippen molar-refractivity contribution in [3.8, 4) is 0 Å². The van der Waals surface area contributed by atoms with Crippen molar-refractivity contribution in [1.29, 1.82) is 0 Å². The van der Waals surface area contributed by atoms with Crippen molar-refractivity contribution < 1.29 is 0 Å². The molecule has 0 aromatic heterocycles. The Hall–Kier alpha value is -0.0100. The van der Waals surface area contributed by atoms with E-state index >= 15 is 0 Å². The lowest BCUT2D eigenvalue weighted by molar-refractivity contribution is 0.928. The van der Waals surface area contributed by atoms with Gasteiger partial charge in [0.1, 0.15) is 0 Å². The molecule has 1 rings (SSSR count). The van der Waals surface area contributed by atoms with Crippen LogP contribution in [0.25, 0.3) is 0 Å². The lowest BCUT2D eigenvalue weighted by atomic mass is 10.1. The molecule has 1 aromatic rings. The monoisotopic (exact) mass is 246 g/mol. The van der Waals surface area contributed by atoms with E-state index < -0.39 is 0 Å². The Balaban J connectivity index is 2.53. The normalized spacial score (nSPS) is 10.2. The maximum Gasteiger partial charge on any atom is 0.0283 e. The number of hydrogen-bond donors (Lipinski definition) is 0. The second kappa shape index (κ2) is 5.60. The molecule has 0 bridgehead atoms. The maximum atomic E-state index is 5.60. The van der Waals surface area contributed by atoms with E-state index in [4.69, 9.17) is 11.6 Å². The molecule has 0 fully saturated rings. The molecule has 12 heavy (non-hydrogen) atoms. The predicted octanol–water partition coefficient (Wildman–Crippen LogP) is 3.75. The molecule has 0 unspecified atom stereocenters. The van der Waals surface area contributed by atoms with Gasteiger partial charge in [0.25, 0.3) is 0 Å². The molecule has 66 valence electrons. The van der Waals surface area contributed by atoms with Gasteiger partial charge in [-0.25, -0.2) is 0 Å². The molecule has 0 spiro atoms. The number of benzene rings is 1. The minimum atomic E-state index is 0.750. The number of halogens is 2. The first-order valence-corrected chi connectivity index (χ1v) is 5.72. The van der Waals surface area contributed by atoms with Crippen LogP contribution in [-0.2, 0) is 11.8 Å². The zero-order valence-corrected chi connectivity index (χ0v) is 9.24. The van der Waals surface area contributed by atoms with Crippen molar-refractivity contribution in [2.45, 2.75) is 18.2 Å². The highest BCUT2D eigenvalue weighted by Crippen LogP contribution is 2.09. The van der Waals surface area contributed by atoms with Crippen LogP contribution in [0.4, 0.5) is 0 Å². The van der Waals surface area contributed by atoms with Gasteiger partial charge >= 0.3 is 0 Å². The smallest absolute Gasteiger partial charge is 0.0283 e. The van der Waals surface area contributed by atoms with E-state index in [1.807, 2.05) is 0 Å². The van der Waals surface area contributed by atoms with Crippen molar-refractivity contribution in [1.82, 2.24) is 0 Å². The molecule has 0 saturated carbocycles. The van der Waals surface area contributed by atoms with Gasteiger partial charge < -0.3 is 0 Å². The molecule has 0 aliphatic carbocycles. The molecule has 0 amide bonds. The Morgan fingerprint density at radius 2 is 1.67 bits per heavy atom. The largest absolute Gasteiger partial charge is 0.127 e. The summed E-state index contributed by atoms with van der Waals surface area (Å²) >= 11 is 9.02. The molecule has 0 aliphatic rings. The highest BCUT2D eigenvalue weighted by atomic mass is 79.9. The number of alkyl halides is 2. The van der Waals surface area contributed by atoms with Gasteiger partial charge in [0.2, 0.25) is 0 Å². The fourth-order valence-corrected chi connectivity index (χ4v) is 1.57. The minimum Gasteiger partial charge on any atom is -0.127 e. The molecule has 0 N–H and O–H groups in total. The Morgan fingerprint density at radius 1 is 1.08 bits per heavy atom. The molecular formula is C10H12BrCl. The molecule has 0 atom stereocenters. The summed E-state index contributed by atoms with van der Waals surface area (Å²) in [6.07, 6.45) is 2.15. The van der Waals surface area contributed by atoms with Crippen molar-refractivity contribution in [2.24, 2.45) is 0 Å². The Bertz CT molecular complexity index is 218. The van der Waals surface area contributed by atoms with Crippen molar-refractivity contribution in [2.75, 3.05) is 5.88 Å². The van der Waals surface area contributed by atoms with Crippen LogP contribution >= 0.6 is 27.5 Å². The van der Waals surface area contributed by atoms with Gasteiger partial charge in [-0.1, -0.05) is 40.2 Å². The average molecular weight is 248 g/mol. The van der Waals surface area contributed by atoms with Gasteiger partial charge in [-0.3, -0.25) is 0 Å². The molecule has 0 aliphatic heterocycles. The highest BCUT2D eigenvalue weighted by Gasteiger charge is 1.92. The van der Waals surface area contributed by atoms with Gasteiger partial charge in [0, 0.05) is 11.2 Å². The lowest BCUT2D eigenvalue weighted by Crippen LogP contribution is -1.86. The lowest BCUT2D eigenvalue weighted by Gasteiger charge is -1.99. The first-order valence-electron chi connectivity index (χ1n) is 4.06. The maximum absolute atomic E-state index is 5.60. The van der Waals surface area contributed by atoms with Crippen LogP contribution in [0.1, 0.15) is 17.5 Å². The molecule has 0 radical (unpaired) electrons. The minimum absolute atomic E-state index is 0.750. The second-order valence-corrected chi connectivity index (χ2v) is 3.68. The average Bonchev–Trinajstić information content (AvgIpc) is 2.15. The van der Waals surface area contributed by atoms with Gasteiger partial charge in [0.15, 0.2) is 0 Å². The zero-order chi connectivity index (χ0) is 8.81. The van der Waals surface area contributed by atoms with Crippen LogP contribution in [0.2, 0.25) is 0 Å². The molecule has 0 nitrogen and oxygen atoms in total. The number of rotatable bonds is 4. The van der Waals surface area contributed by atoms with E-state index in [9.17, 15) is 0 Å². The van der Waals surface area contributed by atoms with E-state index in [1.54, 1.807) is 0 Å². The SMILES string of the molecule is ClCCCc1ccc(CBr)cc1. The summed E-state index contributed by atoms with van der Waals surface area (Å²) in [5, 5.41) is 0.933. The third-order valence-corrected chi connectivity index (χ3v) is 2.69. The summed E-state index contributed by atoms with van der Waals surface area (Å²) in [5.41, 5.74) is 2.70. The Kier molecular flexibility index (Phi) is 4.70. The van der Waals surface area contributed by atoms with Gasteiger partial charge in [-0.2, -0.15) is 0 Å². The van der Waals surface area contributed by atoms with Crippen molar-refractivity contribution >= 4 is 27.5 Å². The molecule has 1 aromatic carbocycles. The molecule has 0 heterocycles. The van der Waals surface area contributed by atoms with E-state index in [-0.39, 0.29) is 0 Å². The quantitative estimate of drug-likeness (QED) is 0.711. The topological polar surface area (TPSA) is 0 Å². The summed E-state index contributed by atoms with van der Waals surface area (Å²) in [4.78, 5) is 0. The fraction of sp³-hybridized carbons (Fsp3) is 0.400. The van der Waals surface area contributed by atoms with Gasteiger partial charge in [-0.15, -0.1) is 11.6 Å². The Labute approximate surface area is 87.1 Å². The predicted molar refractivity (Wildman–Crippen MR) is 58.1 cm³/mol.